The molecule has 0 N–H and O–H groups in total. The van der Waals surface area contributed by atoms with Crippen LogP contribution in [0, 0.1) is 6.92 Å². The summed E-state index contributed by atoms with van der Waals surface area (Å²) >= 11 is 17.8. The first-order chi connectivity index (χ1) is 7.49. The largest absolute Gasteiger partial charge is 0.288 e. The summed E-state index contributed by atoms with van der Waals surface area (Å²) in [6.07, 6.45) is 0. The molecular formula is C10H5BrCl2OS2. The topological polar surface area (TPSA) is 17.1 Å². The zero-order valence-electron chi connectivity index (χ0n) is 8.01. The molecule has 84 valence electrons. The van der Waals surface area contributed by atoms with Crippen molar-refractivity contribution in [3.63, 3.8) is 0 Å². The van der Waals surface area contributed by atoms with E-state index in [2.05, 4.69) is 15.9 Å². The van der Waals surface area contributed by atoms with Gasteiger partial charge in [0.15, 0.2) is 0 Å². The molecule has 0 atom stereocenters. The number of carbonyl (C=O) groups is 1. The van der Waals surface area contributed by atoms with Gasteiger partial charge >= 0.3 is 0 Å². The third kappa shape index (κ3) is 2.36. The predicted molar refractivity (Wildman–Crippen MR) is 74.5 cm³/mol. The Bertz CT molecular complexity index is 540. The fourth-order valence-corrected chi connectivity index (χ4v) is 4.15. The second-order valence-electron chi connectivity index (χ2n) is 3.08. The van der Waals surface area contributed by atoms with Crippen molar-refractivity contribution < 1.29 is 4.79 Å². The molecule has 0 aliphatic carbocycles. The first-order valence-corrected chi connectivity index (χ1v) is 7.42. The molecule has 0 amide bonds. The van der Waals surface area contributed by atoms with E-state index in [0.29, 0.717) is 19.1 Å². The number of carbonyl (C=O) groups excluding carboxylic acids is 1. The zero-order chi connectivity index (χ0) is 11.9. The molecule has 2 rings (SSSR count). The Morgan fingerprint density at radius 3 is 2.44 bits per heavy atom. The average molecular weight is 356 g/mol. The summed E-state index contributed by atoms with van der Waals surface area (Å²) in [6, 6.07) is 3.42. The smallest absolute Gasteiger partial charge is 0.205 e. The monoisotopic (exact) mass is 354 g/mol. The highest BCUT2D eigenvalue weighted by Crippen LogP contribution is 2.35. The van der Waals surface area contributed by atoms with Gasteiger partial charge < -0.3 is 0 Å². The van der Waals surface area contributed by atoms with Crippen molar-refractivity contribution in [1.29, 1.82) is 0 Å². The average Bonchev–Trinajstić information content (AvgIpc) is 2.70. The van der Waals surface area contributed by atoms with Crippen molar-refractivity contribution in [1.82, 2.24) is 0 Å². The third-order valence-electron chi connectivity index (χ3n) is 1.98. The Morgan fingerprint density at radius 2 is 2.00 bits per heavy atom. The van der Waals surface area contributed by atoms with E-state index in [4.69, 9.17) is 23.2 Å². The lowest BCUT2D eigenvalue weighted by atomic mass is 10.2. The summed E-state index contributed by atoms with van der Waals surface area (Å²) in [5.41, 5.74) is 0.477. The van der Waals surface area contributed by atoms with E-state index in [1.54, 1.807) is 6.07 Å². The molecule has 0 aliphatic heterocycles. The molecule has 0 spiro atoms. The van der Waals surface area contributed by atoms with Crippen molar-refractivity contribution in [2.75, 3.05) is 0 Å². The van der Waals surface area contributed by atoms with E-state index in [-0.39, 0.29) is 5.78 Å². The highest BCUT2D eigenvalue weighted by atomic mass is 79.9. The molecule has 6 heteroatoms. The van der Waals surface area contributed by atoms with Crippen LogP contribution in [0.4, 0.5) is 0 Å². The first kappa shape index (κ1) is 12.6. The van der Waals surface area contributed by atoms with Gasteiger partial charge in [0, 0.05) is 9.35 Å². The Morgan fingerprint density at radius 1 is 1.31 bits per heavy atom. The summed E-state index contributed by atoms with van der Waals surface area (Å²) in [4.78, 5) is 13.8. The van der Waals surface area contributed by atoms with Crippen molar-refractivity contribution in [3.05, 3.63) is 40.6 Å². The Labute approximate surface area is 119 Å². The fourth-order valence-electron chi connectivity index (χ4n) is 1.20. The van der Waals surface area contributed by atoms with Crippen LogP contribution < -0.4 is 0 Å². The second-order valence-corrected chi connectivity index (χ2v) is 7.48. The number of halogens is 3. The minimum absolute atomic E-state index is 0.0769. The summed E-state index contributed by atoms with van der Waals surface area (Å²) in [5, 5.41) is 0. The van der Waals surface area contributed by atoms with Crippen LogP contribution in [0.3, 0.4) is 0 Å². The van der Waals surface area contributed by atoms with Crippen LogP contribution in [0.15, 0.2) is 16.6 Å². The molecule has 16 heavy (non-hydrogen) atoms. The van der Waals surface area contributed by atoms with Gasteiger partial charge in [-0.15, -0.1) is 22.7 Å². The summed E-state index contributed by atoms with van der Waals surface area (Å²) in [7, 11) is 0. The molecule has 0 bridgehead atoms. The number of thiophene rings is 2. The quantitative estimate of drug-likeness (QED) is 0.657. The van der Waals surface area contributed by atoms with E-state index < -0.39 is 0 Å². The number of hydrogen-bond acceptors (Lipinski definition) is 3. The highest BCUT2D eigenvalue weighted by molar-refractivity contribution is 9.10. The van der Waals surface area contributed by atoms with Crippen LogP contribution in [0.25, 0.3) is 0 Å². The SMILES string of the molecule is Cc1sc(C(=O)c2cc(Cl)sc2Cl)cc1Br. The standard InChI is InChI=1S/C10H5BrCl2OS2/c1-4-6(11)3-7(15-4)9(14)5-2-8(12)16-10(5)13/h2-3H,1H3. The molecule has 2 aromatic rings. The molecule has 0 radical (unpaired) electrons. The van der Waals surface area contributed by atoms with Gasteiger partial charge in [-0.25, -0.2) is 0 Å². The fraction of sp³-hybridized carbons (Fsp3) is 0.100. The maximum atomic E-state index is 12.1. The Balaban J connectivity index is 2.42. The van der Waals surface area contributed by atoms with Gasteiger partial charge in [-0.2, -0.15) is 0 Å². The molecule has 0 aromatic carbocycles. The molecule has 1 nitrogen and oxygen atoms in total. The van der Waals surface area contributed by atoms with Crippen LogP contribution in [0.1, 0.15) is 20.1 Å². The minimum Gasteiger partial charge on any atom is -0.288 e. The maximum Gasteiger partial charge on any atom is 0.205 e. The molecule has 0 aliphatic rings. The van der Waals surface area contributed by atoms with Crippen LogP contribution in [-0.4, -0.2) is 5.78 Å². The number of aryl methyl sites for hydroxylation is 1. The van der Waals surface area contributed by atoms with Gasteiger partial charge in [-0.05, 0) is 35.0 Å². The lowest BCUT2D eigenvalue weighted by Gasteiger charge is -1.93. The normalized spacial score (nSPS) is 10.8. The molecule has 0 saturated heterocycles. The zero-order valence-corrected chi connectivity index (χ0v) is 12.7. The van der Waals surface area contributed by atoms with E-state index >= 15 is 0 Å². The van der Waals surface area contributed by atoms with Gasteiger partial charge in [-0.1, -0.05) is 23.2 Å². The van der Waals surface area contributed by atoms with E-state index in [0.717, 1.165) is 9.35 Å². The summed E-state index contributed by atoms with van der Waals surface area (Å²) < 4.78 is 1.91. The Kier molecular flexibility index (Phi) is 3.76. The van der Waals surface area contributed by atoms with Crippen molar-refractivity contribution in [2.24, 2.45) is 0 Å². The molecule has 2 aromatic heterocycles. The third-order valence-corrected chi connectivity index (χ3v) is 5.61. The molecule has 0 fully saturated rings. The highest BCUT2D eigenvalue weighted by Gasteiger charge is 2.18. The van der Waals surface area contributed by atoms with Gasteiger partial charge in [0.05, 0.1) is 14.8 Å². The molecular weight excluding hydrogens is 351 g/mol. The second kappa shape index (κ2) is 4.78. The summed E-state index contributed by atoms with van der Waals surface area (Å²) in [6.45, 7) is 1.95. The number of rotatable bonds is 2. The maximum absolute atomic E-state index is 12.1. The lowest BCUT2D eigenvalue weighted by Crippen LogP contribution is -1.96. The van der Waals surface area contributed by atoms with Crippen LogP contribution in [0.5, 0.6) is 0 Å². The molecule has 0 unspecified atom stereocenters. The van der Waals surface area contributed by atoms with Gasteiger partial charge in [0.2, 0.25) is 5.78 Å². The van der Waals surface area contributed by atoms with Gasteiger partial charge in [0.25, 0.3) is 0 Å². The van der Waals surface area contributed by atoms with Crippen molar-refractivity contribution in [3.8, 4) is 0 Å². The van der Waals surface area contributed by atoms with E-state index in [1.165, 1.54) is 22.7 Å². The van der Waals surface area contributed by atoms with E-state index in [1.807, 2.05) is 13.0 Å². The lowest BCUT2D eigenvalue weighted by molar-refractivity contribution is 0.104. The number of hydrogen-bond donors (Lipinski definition) is 0. The van der Waals surface area contributed by atoms with Crippen LogP contribution >= 0.6 is 61.8 Å². The van der Waals surface area contributed by atoms with Crippen molar-refractivity contribution >= 4 is 67.6 Å². The number of ketones is 1. The first-order valence-electron chi connectivity index (χ1n) is 4.24. The van der Waals surface area contributed by atoms with E-state index in [9.17, 15) is 4.79 Å². The van der Waals surface area contributed by atoms with Gasteiger partial charge in [0.1, 0.15) is 4.34 Å². The molecule has 0 saturated carbocycles. The van der Waals surface area contributed by atoms with Crippen LogP contribution in [0.2, 0.25) is 8.67 Å². The van der Waals surface area contributed by atoms with Crippen molar-refractivity contribution in [2.45, 2.75) is 6.92 Å². The predicted octanol–water partition coefficient (Wildman–Crippen LogP) is 5.42. The van der Waals surface area contributed by atoms with Gasteiger partial charge in [-0.3, -0.25) is 4.79 Å². The molecule has 2 heterocycles. The Hall–Kier alpha value is 0.130. The van der Waals surface area contributed by atoms with Crippen LogP contribution in [-0.2, 0) is 0 Å². The summed E-state index contributed by atoms with van der Waals surface area (Å²) in [5.74, 6) is -0.0769. The minimum atomic E-state index is -0.0769.